The Hall–Kier alpha value is -2.30. The van der Waals surface area contributed by atoms with Gasteiger partial charge in [0.25, 0.3) is 0 Å². The number of fused-ring (bicyclic) bond motifs is 1. The predicted molar refractivity (Wildman–Crippen MR) is 140 cm³/mol. The molecule has 0 aliphatic carbocycles. The quantitative estimate of drug-likeness (QED) is 0.255. The van der Waals surface area contributed by atoms with Gasteiger partial charge in [0.1, 0.15) is 17.5 Å². The molecule has 0 unspecified atom stereocenters. The zero-order chi connectivity index (χ0) is 27.9. The molecule has 0 bridgehead atoms. The Labute approximate surface area is 230 Å². The van der Waals surface area contributed by atoms with Crippen molar-refractivity contribution in [2.45, 2.75) is 44.4 Å². The average molecular weight is 551 g/mol. The second kappa shape index (κ2) is 16.7. The molecule has 11 heteroatoms. The van der Waals surface area contributed by atoms with E-state index in [1.54, 1.807) is 18.2 Å². The molecule has 3 rings (SSSR count). The second-order valence-electron chi connectivity index (χ2n) is 9.78. The molecule has 0 spiro atoms. The van der Waals surface area contributed by atoms with E-state index in [4.69, 9.17) is 38.3 Å². The Bertz CT molecular complexity index is 921. The highest BCUT2D eigenvalue weighted by Crippen LogP contribution is 2.45. The Balaban J connectivity index is 1.34. The molecule has 11 nitrogen and oxygen atoms in total. The number of nitrogens with zero attached hydrogens (tertiary/aromatic N) is 2. The Kier molecular flexibility index (Phi) is 13.4. The maximum atomic E-state index is 12.7. The van der Waals surface area contributed by atoms with Crippen molar-refractivity contribution in [3.8, 4) is 11.8 Å². The molecule has 0 saturated carbocycles. The monoisotopic (exact) mass is 550 g/mol. The van der Waals surface area contributed by atoms with Gasteiger partial charge in [0.15, 0.2) is 0 Å². The fourth-order valence-corrected chi connectivity index (χ4v) is 4.69. The van der Waals surface area contributed by atoms with Crippen molar-refractivity contribution in [2.24, 2.45) is 0 Å². The molecule has 218 valence electrons. The van der Waals surface area contributed by atoms with Crippen LogP contribution in [0.3, 0.4) is 0 Å². The van der Waals surface area contributed by atoms with Crippen LogP contribution in [0.2, 0.25) is 0 Å². The van der Waals surface area contributed by atoms with Gasteiger partial charge in [-0.15, -0.1) is 0 Å². The van der Waals surface area contributed by atoms with E-state index in [9.17, 15) is 10.1 Å². The molecular formula is C28H42N2O9. The van der Waals surface area contributed by atoms with Crippen LogP contribution >= 0.6 is 0 Å². The van der Waals surface area contributed by atoms with E-state index in [1.165, 1.54) is 0 Å². The van der Waals surface area contributed by atoms with Gasteiger partial charge >= 0.3 is 0 Å². The number of aliphatic hydroxyl groups is 1. The lowest BCUT2D eigenvalue weighted by Crippen LogP contribution is -2.55. The van der Waals surface area contributed by atoms with Crippen LogP contribution in [0.15, 0.2) is 18.2 Å². The number of ether oxygens (including phenoxy) is 7. The molecule has 1 N–H and O–H groups in total. The molecule has 2 aliphatic rings. The highest BCUT2D eigenvalue weighted by atomic mass is 16.6. The van der Waals surface area contributed by atoms with Gasteiger partial charge in [-0.1, -0.05) is 0 Å². The van der Waals surface area contributed by atoms with Crippen LogP contribution in [0.25, 0.3) is 0 Å². The summed E-state index contributed by atoms with van der Waals surface area (Å²) in [7, 11) is 0. The van der Waals surface area contributed by atoms with Gasteiger partial charge in [-0.25, -0.2) is 0 Å². The maximum Gasteiger partial charge on any atom is 0.223 e. The van der Waals surface area contributed by atoms with E-state index in [2.05, 4.69) is 6.07 Å². The van der Waals surface area contributed by atoms with Crippen molar-refractivity contribution >= 4 is 5.91 Å². The van der Waals surface area contributed by atoms with Crippen LogP contribution in [0.1, 0.15) is 43.9 Å². The van der Waals surface area contributed by atoms with E-state index in [-0.39, 0.29) is 18.6 Å². The summed E-state index contributed by atoms with van der Waals surface area (Å²) >= 11 is 0. The largest absolute Gasteiger partial charge is 0.485 e. The van der Waals surface area contributed by atoms with Crippen LogP contribution in [-0.4, -0.2) is 113 Å². The van der Waals surface area contributed by atoms with E-state index in [0.29, 0.717) is 97.0 Å². The lowest BCUT2D eigenvalue weighted by molar-refractivity contribution is -0.151. The van der Waals surface area contributed by atoms with Gasteiger partial charge in [0.2, 0.25) is 5.91 Å². The lowest BCUT2D eigenvalue weighted by atomic mass is 9.84. The van der Waals surface area contributed by atoms with Crippen molar-refractivity contribution in [3.63, 3.8) is 0 Å². The smallest absolute Gasteiger partial charge is 0.223 e. The predicted octanol–water partition coefficient (Wildman–Crippen LogP) is 1.85. The molecule has 1 saturated heterocycles. The molecule has 0 aromatic heterocycles. The summed E-state index contributed by atoms with van der Waals surface area (Å²) in [5, 5.41) is 18.0. The third kappa shape index (κ3) is 9.69. The number of hydrogen-bond acceptors (Lipinski definition) is 10. The standard InChI is InChI=1S/C28H42N2O9/c1-28(2)27(26(30-7-3-4-25(30)32)23-20-22(21-29)5-6-24(23)39-28)38-19-18-37-17-16-36-15-14-35-13-12-34-11-10-33-9-8-31/h5-6,20,26-27,31H,3-4,7-19H2,1-2H3/t26-,27+/m1/s1. The number of benzene rings is 1. The van der Waals surface area contributed by atoms with Gasteiger partial charge in [-0.2, -0.15) is 5.26 Å². The number of aliphatic hydroxyl groups excluding tert-OH is 1. The highest BCUT2D eigenvalue weighted by molar-refractivity contribution is 5.79. The zero-order valence-corrected chi connectivity index (χ0v) is 23.1. The van der Waals surface area contributed by atoms with E-state index in [0.717, 1.165) is 12.0 Å². The Morgan fingerprint density at radius 3 is 2.03 bits per heavy atom. The molecule has 1 aromatic rings. The van der Waals surface area contributed by atoms with Crippen LogP contribution in [-0.2, 0) is 33.2 Å². The second-order valence-corrected chi connectivity index (χ2v) is 9.78. The first-order valence-corrected chi connectivity index (χ1v) is 13.6. The number of hydrogen-bond donors (Lipinski definition) is 1. The summed E-state index contributed by atoms with van der Waals surface area (Å²) in [5.41, 5.74) is 0.648. The number of rotatable bonds is 19. The zero-order valence-electron chi connectivity index (χ0n) is 23.1. The van der Waals surface area contributed by atoms with Crippen molar-refractivity contribution in [1.29, 1.82) is 5.26 Å². The summed E-state index contributed by atoms with van der Waals surface area (Å²) in [5.74, 6) is 0.769. The van der Waals surface area contributed by atoms with E-state index in [1.807, 2.05) is 18.7 Å². The van der Waals surface area contributed by atoms with E-state index < -0.39 is 11.7 Å². The van der Waals surface area contributed by atoms with Gasteiger partial charge < -0.3 is 43.2 Å². The number of carbonyl (C=O) groups is 1. The van der Waals surface area contributed by atoms with Crippen molar-refractivity contribution < 1.29 is 43.1 Å². The molecule has 2 aliphatic heterocycles. The molecule has 2 atom stereocenters. The minimum Gasteiger partial charge on any atom is -0.485 e. The topological polar surface area (TPSA) is 129 Å². The van der Waals surface area contributed by atoms with Crippen molar-refractivity contribution in [2.75, 3.05) is 85.8 Å². The van der Waals surface area contributed by atoms with Crippen molar-refractivity contribution in [1.82, 2.24) is 4.90 Å². The number of amides is 1. The minimum absolute atomic E-state index is 0.0136. The fourth-order valence-electron chi connectivity index (χ4n) is 4.69. The van der Waals surface area contributed by atoms with Crippen LogP contribution in [0.4, 0.5) is 0 Å². The Morgan fingerprint density at radius 2 is 1.51 bits per heavy atom. The normalized spacial score (nSPS) is 20.1. The third-order valence-electron chi connectivity index (χ3n) is 6.50. The van der Waals surface area contributed by atoms with Crippen molar-refractivity contribution in [3.05, 3.63) is 29.3 Å². The van der Waals surface area contributed by atoms with Gasteiger partial charge in [-0.05, 0) is 38.5 Å². The summed E-state index contributed by atoms with van der Waals surface area (Å²) in [6.07, 6.45) is 0.900. The number of likely N-dealkylation sites (tertiary alicyclic amines) is 1. The molecule has 2 heterocycles. The molecule has 1 aromatic carbocycles. The first kappa shape index (κ1) is 31.2. The maximum absolute atomic E-state index is 12.7. The molecular weight excluding hydrogens is 508 g/mol. The van der Waals surface area contributed by atoms with Crippen LogP contribution in [0.5, 0.6) is 5.75 Å². The van der Waals surface area contributed by atoms with E-state index >= 15 is 0 Å². The minimum atomic E-state index is -0.684. The van der Waals surface area contributed by atoms with Crippen LogP contribution in [0, 0.1) is 11.3 Å². The third-order valence-corrected chi connectivity index (χ3v) is 6.50. The first-order chi connectivity index (χ1) is 19.0. The number of nitriles is 1. The highest BCUT2D eigenvalue weighted by Gasteiger charge is 2.49. The number of carbonyl (C=O) groups excluding carboxylic acids is 1. The van der Waals surface area contributed by atoms with Gasteiger partial charge in [0, 0.05) is 18.5 Å². The summed E-state index contributed by atoms with van der Waals surface area (Å²) < 4.78 is 39.7. The Morgan fingerprint density at radius 1 is 0.949 bits per heavy atom. The molecule has 39 heavy (non-hydrogen) atoms. The summed E-state index contributed by atoms with van der Waals surface area (Å²) in [6, 6.07) is 7.19. The molecule has 1 fully saturated rings. The SMILES string of the molecule is CC1(C)Oc2ccc(C#N)cc2[C@@H](N2CCCC2=O)[C@@H]1OCCOCCOCCOCCOCCOCCO. The van der Waals surface area contributed by atoms with Gasteiger partial charge in [-0.3, -0.25) is 4.79 Å². The van der Waals surface area contributed by atoms with Gasteiger partial charge in [0.05, 0.1) is 97.0 Å². The fraction of sp³-hybridized carbons (Fsp3) is 0.714. The average Bonchev–Trinajstić information content (AvgIpc) is 3.35. The summed E-state index contributed by atoms with van der Waals surface area (Å²) in [4.78, 5) is 14.6. The van der Waals surface area contributed by atoms with Crippen LogP contribution < -0.4 is 4.74 Å². The first-order valence-electron chi connectivity index (χ1n) is 13.6. The summed E-state index contributed by atoms with van der Waals surface area (Å²) in [6.45, 7) is 9.29. The lowest BCUT2D eigenvalue weighted by Gasteiger charge is -2.47. The molecule has 1 amide bonds. The molecule has 0 radical (unpaired) electrons.